The second kappa shape index (κ2) is 9.09. The van der Waals surface area contributed by atoms with Crippen LogP contribution in [0.5, 0.6) is 5.75 Å². The Morgan fingerprint density at radius 1 is 1.17 bits per heavy atom. The summed E-state index contributed by atoms with van der Waals surface area (Å²) in [5.74, 6) is 0.272. The Morgan fingerprint density at radius 3 is 2.55 bits per heavy atom. The Balaban J connectivity index is 1.89. The number of benzene rings is 1. The molecule has 0 spiro atoms. The van der Waals surface area contributed by atoms with E-state index in [0.717, 1.165) is 29.7 Å². The number of carbonyl (C=O) groups excluding carboxylic acids is 3. The number of amides is 3. The predicted molar refractivity (Wildman–Crippen MR) is 111 cm³/mol. The fourth-order valence-electron chi connectivity index (χ4n) is 3.32. The van der Waals surface area contributed by atoms with Crippen LogP contribution >= 0.6 is 11.3 Å². The van der Waals surface area contributed by atoms with Gasteiger partial charge in [0.2, 0.25) is 0 Å². The average molecular weight is 416 g/mol. The molecule has 0 saturated heterocycles. The summed E-state index contributed by atoms with van der Waals surface area (Å²) in [6.07, 6.45) is 1.73. The third-order valence-corrected chi connectivity index (χ3v) is 5.98. The molecule has 7 nitrogen and oxygen atoms in total. The van der Waals surface area contributed by atoms with Gasteiger partial charge in [0.1, 0.15) is 10.8 Å². The van der Waals surface area contributed by atoms with Crippen LogP contribution in [0.25, 0.3) is 0 Å². The van der Waals surface area contributed by atoms with E-state index in [1.54, 1.807) is 38.3 Å². The fraction of sp³-hybridized carbons (Fsp3) is 0.381. The van der Waals surface area contributed by atoms with Crippen LogP contribution in [0.1, 0.15) is 51.4 Å². The predicted octanol–water partition coefficient (Wildman–Crippen LogP) is 4.02. The number of carbonyl (C=O) groups is 3. The van der Waals surface area contributed by atoms with Gasteiger partial charge in [-0.15, -0.1) is 11.3 Å². The van der Waals surface area contributed by atoms with E-state index in [1.165, 1.54) is 11.3 Å². The minimum atomic E-state index is -0.797. The Bertz CT molecular complexity index is 920. The molecular formula is C21H24N2O5S. The van der Waals surface area contributed by atoms with Gasteiger partial charge in [0, 0.05) is 10.4 Å². The highest BCUT2D eigenvalue weighted by atomic mass is 32.1. The van der Waals surface area contributed by atoms with Gasteiger partial charge >= 0.3 is 6.09 Å². The zero-order valence-electron chi connectivity index (χ0n) is 16.7. The Morgan fingerprint density at radius 2 is 1.90 bits per heavy atom. The van der Waals surface area contributed by atoms with E-state index in [-0.39, 0.29) is 12.5 Å². The normalized spacial score (nSPS) is 15.2. The molecule has 0 fully saturated rings. The number of nitrogens with one attached hydrogen (secondary N) is 2. The first-order chi connectivity index (χ1) is 13.9. The van der Waals surface area contributed by atoms with Crippen molar-refractivity contribution >= 4 is 34.2 Å². The molecule has 8 heteroatoms. The number of fused-ring (bicyclic) bond motifs is 1. The number of ether oxygens (including phenoxy) is 2. The number of anilines is 1. The summed E-state index contributed by atoms with van der Waals surface area (Å²) in [6.45, 7) is 3.99. The molecule has 1 atom stereocenters. The number of hydrogen-bond donors (Lipinski definition) is 2. The third kappa shape index (κ3) is 4.76. The smallest absolute Gasteiger partial charge is 0.414 e. The first kappa shape index (κ1) is 20.9. The lowest BCUT2D eigenvalue weighted by Gasteiger charge is -2.18. The average Bonchev–Trinajstić information content (AvgIpc) is 3.04. The van der Waals surface area contributed by atoms with Crippen molar-refractivity contribution < 1.29 is 23.9 Å². The van der Waals surface area contributed by atoms with Crippen molar-refractivity contribution in [2.45, 2.75) is 33.1 Å². The van der Waals surface area contributed by atoms with E-state index in [9.17, 15) is 14.4 Å². The van der Waals surface area contributed by atoms with Crippen LogP contribution < -0.4 is 15.4 Å². The summed E-state index contributed by atoms with van der Waals surface area (Å²) in [4.78, 5) is 38.3. The fourth-order valence-corrected chi connectivity index (χ4v) is 4.72. The topological polar surface area (TPSA) is 93.7 Å². The maximum atomic E-state index is 12.8. The van der Waals surface area contributed by atoms with E-state index in [1.807, 2.05) is 0 Å². The van der Waals surface area contributed by atoms with E-state index >= 15 is 0 Å². The van der Waals surface area contributed by atoms with Crippen LogP contribution in [0.4, 0.5) is 9.80 Å². The molecule has 0 radical (unpaired) electrons. The molecule has 1 heterocycles. The number of methoxy groups -OCH3 is 1. The lowest BCUT2D eigenvalue weighted by Crippen LogP contribution is -2.32. The van der Waals surface area contributed by atoms with Crippen molar-refractivity contribution in [3.05, 3.63) is 45.8 Å². The Hall–Kier alpha value is -2.87. The zero-order valence-corrected chi connectivity index (χ0v) is 17.5. The zero-order chi connectivity index (χ0) is 21.0. The number of rotatable bonds is 5. The molecule has 1 aromatic heterocycles. The number of hydrogen-bond acceptors (Lipinski definition) is 6. The summed E-state index contributed by atoms with van der Waals surface area (Å²) >= 11 is 1.40. The summed E-state index contributed by atoms with van der Waals surface area (Å²) < 4.78 is 9.93. The van der Waals surface area contributed by atoms with Crippen LogP contribution in [0.3, 0.4) is 0 Å². The van der Waals surface area contributed by atoms with Crippen LogP contribution in [0, 0.1) is 5.92 Å². The van der Waals surface area contributed by atoms with Crippen LogP contribution in [0.2, 0.25) is 0 Å². The molecule has 1 aliphatic carbocycles. The summed E-state index contributed by atoms with van der Waals surface area (Å²) in [7, 11) is 1.56. The molecular weight excluding hydrogens is 392 g/mol. The highest BCUT2D eigenvalue weighted by Crippen LogP contribution is 2.39. The van der Waals surface area contributed by atoms with Crippen molar-refractivity contribution in [1.82, 2.24) is 5.32 Å². The first-order valence-corrected chi connectivity index (χ1v) is 10.3. The highest BCUT2D eigenvalue weighted by Gasteiger charge is 2.29. The quantitative estimate of drug-likeness (QED) is 0.768. The van der Waals surface area contributed by atoms with Gasteiger partial charge in [0.05, 0.1) is 19.3 Å². The highest BCUT2D eigenvalue weighted by molar-refractivity contribution is 7.17. The Labute approximate surface area is 173 Å². The van der Waals surface area contributed by atoms with Crippen molar-refractivity contribution in [3.63, 3.8) is 0 Å². The van der Waals surface area contributed by atoms with Gasteiger partial charge in [-0.3, -0.25) is 14.9 Å². The lowest BCUT2D eigenvalue weighted by atomic mass is 9.88. The van der Waals surface area contributed by atoms with Gasteiger partial charge in [0.15, 0.2) is 0 Å². The maximum absolute atomic E-state index is 12.8. The van der Waals surface area contributed by atoms with Crippen LogP contribution in [-0.4, -0.2) is 31.6 Å². The van der Waals surface area contributed by atoms with E-state index in [0.29, 0.717) is 27.8 Å². The second-order valence-corrected chi connectivity index (χ2v) is 8.02. The van der Waals surface area contributed by atoms with Crippen molar-refractivity contribution in [3.8, 4) is 5.75 Å². The maximum Gasteiger partial charge on any atom is 0.414 e. The van der Waals surface area contributed by atoms with Gasteiger partial charge in [-0.2, -0.15) is 0 Å². The molecule has 1 aromatic carbocycles. The molecule has 3 amide bonds. The van der Waals surface area contributed by atoms with E-state index in [4.69, 9.17) is 9.47 Å². The van der Waals surface area contributed by atoms with Gasteiger partial charge in [-0.05, 0) is 61.9 Å². The second-order valence-electron chi connectivity index (χ2n) is 6.91. The summed E-state index contributed by atoms with van der Waals surface area (Å²) in [6, 6.07) is 6.71. The standard InChI is InChI=1S/C21H24N2O5S/c1-4-28-21(26)23-19(25)17-15-10-5-12(2)11-16(15)29-20(17)22-18(24)13-6-8-14(27-3)9-7-13/h6-9,12H,4-5,10-11H2,1-3H3,(H,22,24)(H,23,25,26)/t12-/m1/s1. The minimum absolute atomic E-state index is 0.166. The van der Waals surface area contributed by atoms with E-state index < -0.39 is 12.0 Å². The molecule has 0 bridgehead atoms. The minimum Gasteiger partial charge on any atom is -0.497 e. The molecule has 2 aromatic rings. The summed E-state index contributed by atoms with van der Waals surface area (Å²) in [5.41, 5.74) is 1.70. The molecule has 2 N–H and O–H groups in total. The molecule has 154 valence electrons. The van der Waals surface area contributed by atoms with Crippen molar-refractivity contribution in [2.75, 3.05) is 19.0 Å². The number of imide groups is 1. The summed E-state index contributed by atoms with van der Waals surface area (Å²) in [5, 5.41) is 5.55. The van der Waals surface area contributed by atoms with Crippen molar-refractivity contribution in [1.29, 1.82) is 0 Å². The van der Waals surface area contributed by atoms with Crippen LogP contribution in [0.15, 0.2) is 24.3 Å². The number of alkyl carbamates (subject to hydrolysis) is 1. The van der Waals surface area contributed by atoms with Crippen LogP contribution in [-0.2, 0) is 17.6 Å². The van der Waals surface area contributed by atoms with Gasteiger partial charge in [0.25, 0.3) is 11.8 Å². The number of thiophene rings is 1. The van der Waals surface area contributed by atoms with E-state index in [2.05, 4.69) is 17.6 Å². The van der Waals surface area contributed by atoms with Crippen molar-refractivity contribution in [2.24, 2.45) is 5.92 Å². The molecule has 3 rings (SSSR count). The molecule has 29 heavy (non-hydrogen) atoms. The van der Waals surface area contributed by atoms with Gasteiger partial charge in [-0.25, -0.2) is 4.79 Å². The monoisotopic (exact) mass is 416 g/mol. The van der Waals surface area contributed by atoms with Gasteiger partial charge in [-0.1, -0.05) is 6.92 Å². The lowest BCUT2D eigenvalue weighted by molar-refractivity contribution is 0.0925. The SMILES string of the molecule is CCOC(=O)NC(=O)c1c(NC(=O)c2ccc(OC)cc2)sc2c1CC[C@@H](C)C2. The first-order valence-electron chi connectivity index (χ1n) is 9.51. The molecule has 1 aliphatic rings. The largest absolute Gasteiger partial charge is 0.497 e. The Kier molecular flexibility index (Phi) is 6.53. The molecule has 0 saturated carbocycles. The molecule has 0 unspecified atom stereocenters. The van der Waals surface area contributed by atoms with Gasteiger partial charge < -0.3 is 14.8 Å². The third-order valence-electron chi connectivity index (χ3n) is 4.81. The molecule has 0 aliphatic heterocycles.